The minimum atomic E-state index is -0.586. The van der Waals surface area contributed by atoms with Gasteiger partial charge in [-0.15, -0.1) is 12.4 Å². The third-order valence-electron chi connectivity index (χ3n) is 2.74. The molecule has 2 aromatic carbocycles. The van der Waals surface area contributed by atoms with Crippen LogP contribution in [0.25, 0.3) is 0 Å². The van der Waals surface area contributed by atoms with Gasteiger partial charge in [-0.25, -0.2) is 0 Å². The van der Waals surface area contributed by atoms with E-state index in [-0.39, 0.29) is 12.4 Å². The first kappa shape index (κ1) is 15.5. The molecule has 19 heavy (non-hydrogen) atoms. The Labute approximate surface area is 119 Å². The van der Waals surface area contributed by atoms with Gasteiger partial charge in [0.05, 0.1) is 12.1 Å². The number of hydrogen-bond donors (Lipinski definition) is 2. The number of aliphatic hydroxyl groups excluding tert-OH is 1. The fourth-order valence-corrected chi connectivity index (χ4v) is 1.69. The monoisotopic (exact) mass is 279 g/mol. The largest absolute Gasteiger partial charge is 0.457 e. The van der Waals surface area contributed by atoms with Crippen LogP contribution in [0.1, 0.15) is 18.5 Å². The Morgan fingerprint density at radius 3 is 2.26 bits per heavy atom. The highest BCUT2D eigenvalue weighted by Gasteiger charge is 2.12. The van der Waals surface area contributed by atoms with Crippen LogP contribution < -0.4 is 10.5 Å². The summed E-state index contributed by atoms with van der Waals surface area (Å²) < 4.78 is 5.71. The molecule has 0 spiro atoms. The first-order valence-corrected chi connectivity index (χ1v) is 5.93. The van der Waals surface area contributed by atoms with E-state index in [9.17, 15) is 5.11 Å². The fourth-order valence-electron chi connectivity index (χ4n) is 1.69. The quantitative estimate of drug-likeness (QED) is 0.903. The van der Waals surface area contributed by atoms with Crippen molar-refractivity contribution in [2.45, 2.75) is 19.1 Å². The second-order valence-corrected chi connectivity index (χ2v) is 4.25. The smallest absolute Gasteiger partial charge is 0.127 e. The van der Waals surface area contributed by atoms with Crippen LogP contribution in [-0.4, -0.2) is 11.2 Å². The maximum Gasteiger partial charge on any atom is 0.127 e. The molecule has 0 unspecified atom stereocenters. The third kappa shape index (κ3) is 4.24. The molecule has 0 amide bonds. The predicted molar refractivity (Wildman–Crippen MR) is 78.8 cm³/mol. The lowest BCUT2D eigenvalue weighted by Gasteiger charge is -2.16. The number of benzene rings is 2. The van der Waals surface area contributed by atoms with E-state index in [1.54, 1.807) is 6.92 Å². The Balaban J connectivity index is 0.00000180. The average molecular weight is 280 g/mol. The second-order valence-electron chi connectivity index (χ2n) is 4.25. The van der Waals surface area contributed by atoms with Crippen LogP contribution in [0, 0.1) is 0 Å². The summed E-state index contributed by atoms with van der Waals surface area (Å²) in [5, 5.41) is 9.49. The normalized spacial score (nSPS) is 13.2. The van der Waals surface area contributed by atoms with E-state index >= 15 is 0 Å². The molecule has 0 radical (unpaired) electrons. The molecule has 0 aliphatic rings. The molecule has 0 aliphatic heterocycles. The topological polar surface area (TPSA) is 55.5 Å². The van der Waals surface area contributed by atoms with Crippen molar-refractivity contribution in [1.29, 1.82) is 0 Å². The summed E-state index contributed by atoms with van der Waals surface area (Å²) in [6.07, 6.45) is -0.586. The molecule has 0 heterocycles. The van der Waals surface area contributed by atoms with E-state index in [1.807, 2.05) is 54.6 Å². The Kier molecular flexibility index (Phi) is 5.83. The van der Waals surface area contributed by atoms with Gasteiger partial charge in [-0.2, -0.15) is 0 Å². The fraction of sp³-hybridized carbons (Fsp3) is 0.200. The first-order chi connectivity index (χ1) is 8.66. The van der Waals surface area contributed by atoms with Crippen LogP contribution in [0.15, 0.2) is 54.6 Å². The van der Waals surface area contributed by atoms with E-state index in [1.165, 1.54) is 0 Å². The van der Waals surface area contributed by atoms with Crippen LogP contribution in [0.2, 0.25) is 0 Å². The Bertz CT molecular complexity index is 503. The zero-order valence-electron chi connectivity index (χ0n) is 10.7. The minimum Gasteiger partial charge on any atom is -0.457 e. The van der Waals surface area contributed by atoms with Gasteiger partial charge in [-0.3, -0.25) is 0 Å². The molecule has 3 nitrogen and oxygen atoms in total. The van der Waals surface area contributed by atoms with Gasteiger partial charge in [-0.1, -0.05) is 30.3 Å². The van der Waals surface area contributed by atoms with Crippen molar-refractivity contribution in [2.24, 2.45) is 5.73 Å². The SMILES string of the molecule is C[C@H](O)[C@H](N)c1cccc(Oc2ccccc2)c1.Cl. The van der Waals surface area contributed by atoms with Crippen molar-refractivity contribution in [3.63, 3.8) is 0 Å². The number of para-hydroxylation sites is 1. The molecule has 3 N–H and O–H groups in total. The lowest BCUT2D eigenvalue weighted by atomic mass is 10.0. The number of nitrogens with two attached hydrogens (primary N) is 1. The molecule has 2 atom stereocenters. The molecule has 2 rings (SSSR count). The summed E-state index contributed by atoms with van der Waals surface area (Å²) in [7, 11) is 0. The van der Waals surface area contributed by atoms with Gasteiger partial charge in [0.1, 0.15) is 11.5 Å². The van der Waals surface area contributed by atoms with Gasteiger partial charge in [-0.05, 0) is 36.8 Å². The van der Waals surface area contributed by atoms with Crippen molar-refractivity contribution in [3.05, 3.63) is 60.2 Å². The summed E-state index contributed by atoms with van der Waals surface area (Å²) >= 11 is 0. The van der Waals surface area contributed by atoms with Gasteiger partial charge < -0.3 is 15.6 Å². The van der Waals surface area contributed by atoms with E-state index in [0.717, 1.165) is 17.1 Å². The predicted octanol–water partition coefficient (Wildman–Crippen LogP) is 3.28. The van der Waals surface area contributed by atoms with E-state index < -0.39 is 12.1 Å². The standard InChI is InChI=1S/C15H17NO2.ClH/c1-11(17)15(16)12-6-5-9-14(10-12)18-13-7-3-2-4-8-13;/h2-11,15,17H,16H2,1H3;1H/t11-,15-;/m0./s1. The van der Waals surface area contributed by atoms with E-state index in [2.05, 4.69) is 0 Å². The van der Waals surface area contributed by atoms with Crippen LogP contribution in [0.3, 0.4) is 0 Å². The number of aliphatic hydroxyl groups is 1. The van der Waals surface area contributed by atoms with Crippen molar-refractivity contribution in [2.75, 3.05) is 0 Å². The Hall–Kier alpha value is -1.55. The Morgan fingerprint density at radius 1 is 1.00 bits per heavy atom. The summed E-state index contributed by atoms with van der Waals surface area (Å²) in [6.45, 7) is 1.68. The summed E-state index contributed by atoms with van der Waals surface area (Å²) in [6, 6.07) is 16.6. The molecule has 0 saturated heterocycles. The number of ether oxygens (including phenoxy) is 1. The third-order valence-corrected chi connectivity index (χ3v) is 2.74. The van der Waals surface area contributed by atoms with Crippen LogP contribution in [-0.2, 0) is 0 Å². The van der Waals surface area contributed by atoms with Crippen LogP contribution >= 0.6 is 12.4 Å². The molecule has 0 fully saturated rings. The second kappa shape index (κ2) is 7.14. The molecule has 0 aliphatic carbocycles. The van der Waals surface area contributed by atoms with Gasteiger partial charge in [0, 0.05) is 0 Å². The molecule has 0 aromatic heterocycles. The van der Waals surface area contributed by atoms with Crippen molar-refractivity contribution < 1.29 is 9.84 Å². The highest BCUT2D eigenvalue weighted by molar-refractivity contribution is 5.85. The van der Waals surface area contributed by atoms with E-state index in [0.29, 0.717) is 0 Å². The van der Waals surface area contributed by atoms with Crippen LogP contribution in [0.5, 0.6) is 11.5 Å². The van der Waals surface area contributed by atoms with Gasteiger partial charge in [0.2, 0.25) is 0 Å². The van der Waals surface area contributed by atoms with Gasteiger partial charge >= 0.3 is 0 Å². The van der Waals surface area contributed by atoms with Crippen LogP contribution in [0.4, 0.5) is 0 Å². The van der Waals surface area contributed by atoms with E-state index in [4.69, 9.17) is 10.5 Å². The zero-order valence-corrected chi connectivity index (χ0v) is 11.5. The van der Waals surface area contributed by atoms with Gasteiger partial charge in [0.25, 0.3) is 0 Å². The van der Waals surface area contributed by atoms with Crippen molar-refractivity contribution in [1.82, 2.24) is 0 Å². The Morgan fingerprint density at radius 2 is 1.63 bits per heavy atom. The highest BCUT2D eigenvalue weighted by Crippen LogP contribution is 2.24. The molecular weight excluding hydrogens is 262 g/mol. The molecule has 4 heteroatoms. The number of halogens is 1. The summed E-state index contributed by atoms with van der Waals surface area (Å²) in [5.74, 6) is 1.50. The van der Waals surface area contributed by atoms with Crippen molar-refractivity contribution >= 4 is 12.4 Å². The molecular formula is C15H18ClNO2. The summed E-state index contributed by atoms with van der Waals surface area (Å²) in [4.78, 5) is 0. The lowest BCUT2D eigenvalue weighted by Crippen LogP contribution is -2.22. The first-order valence-electron chi connectivity index (χ1n) is 5.93. The minimum absolute atomic E-state index is 0. The molecule has 102 valence electrons. The maximum atomic E-state index is 9.49. The van der Waals surface area contributed by atoms with Gasteiger partial charge in [0.15, 0.2) is 0 Å². The van der Waals surface area contributed by atoms with Crippen molar-refractivity contribution in [3.8, 4) is 11.5 Å². The molecule has 0 saturated carbocycles. The zero-order chi connectivity index (χ0) is 13.0. The summed E-state index contributed by atoms with van der Waals surface area (Å²) in [5.41, 5.74) is 6.75. The maximum absolute atomic E-state index is 9.49. The molecule has 0 bridgehead atoms. The molecule has 2 aromatic rings. The number of hydrogen-bond acceptors (Lipinski definition) is 3. The lowest BCUT2D eigenvalue weighted by molar-refractivity contribution is 0.164. The number of rotatable bonds is 4. The highest BCUT2D eigenvalue weighted by atomic mass is 35.5. The average Bonchev–Trinajstić information content (AvgIpc) is 2.39.